The number of aliphatic hydroxyl groups excluding tert-OH is 3. The van der Waals surface area contributed by atoms with Gasteiger partial charge in [-0.05, 0) is 0 Å². The zero-order valence-corrected chi connectivity index (χ0v) is 16.2. The highest BCUT2D eigenvalue weighted by Gasteiger charge is 2.44. The summed E-state index contributed by atoms with van der Waals surface area (Å²) in [5.74, 6) is 0.199. The van der Waals surface area contributed by atoms with Crippen LogP contribution in [0.1, 0.15) is 11.8 Å². The summed E-state index contributed by atoms with van der Waals surface area (Å²) >= 11 is 1.21. The molecule has 1 saturated heterocycles. The molecule has 4 rings (SSSR count). The number of rotatable bonds is 6. The molecule has 3 heterocycles. The van der Waals surface area contributed by atoms with Gasteiger partial charge in [0.2, 0.25) is 5.95 Å². The second-order valence-electron chi connectivity index (χ2n) is 6.61. The first-order valence-corrected chi connectivity index (χ1v) is 9.87. The van der Waals surface area contributed by atoms with E-state index in [4.69, 9.17) is 10.5 Å². The van der Waals surface area contributed by atoms with Gasteiger partial charge in [0, 0.05) is 17.4 Å². The van der Waals surface area contributed by atoms with Gasteiger partial charge in [0.25, 0.3) is 5.69 Å². The summed E-state index contributed by atoms with van der Waals surface area (Å²) in [5, 5.41) is 41.2. The number of nitro groups is 1. The molecule has 4 atom stereocenters. The number of hydrogen-bond donors (Lipinski definition) is 4. The van der Waals surface area contributed by atoms with Gasteiger partial charge in [0.05, 0.1) is 17.9 Å². The van der Waals surface area contributed by atoms with Gasteiger partial charge in [0.1, 0.15) is 28.9 Å². The number of aliphatic hydroxyl groups is 3. The lowest BCUT2D eigenvalue weighted by Crippen LogP contribution is -2.33. The van der Waals surface area contributed by atoms with Gasteiger partial charge in [-0.3, -0.25) is 14.7 Å². The normalized spacial score (nSPS) is 23.8. The topological polar surface area (TPSA) is 183 Å². The van der Waals surface area contributed by atoms with E-state index in [1.165, 1.54) is 28.7 Å². The van der Waals surface area contributed by atoms with Crippen molar-refractivity contribution in [2.75, 3.05) is 12.3 Å². The van der Waals surface area contributed by atoms with Crippen LogP contribution in [0.25, 0.3) is 11.2 Å². The Bertz CT molecular complexity index is 1090. The average Bonchev–Trinajstić information content (AvgIpc) is 3.27. The van der Waals surface area contributed by atoms with Crippen LogP contribution in [0.2, 0.25) is 0 Å². The van der Waals surface area contributed by atoms with Crippen molar-refractivity contribution in [1.29, 1.82) is 0 Å². The molecule has 0 unspecified atom stereocenters. The van der Waals surface area contributed by atoms with Crippen molar-refractivity contribution in [3.8, 4) is 0 Å². The molecule has 158 valence electrons. The maximum Gasteiger partial charge on any atom is 0.273 e. The molecule has 0 saturated carbocycles. The maximum absolute atomic E-state index is 11.2. The number of nitrogens with zero attached hydrogens (tertiary/aromatic N) is 5. The Labute approximate surface area is 173 Å². The van der Waals surface area contributed by atoms with E-state index >= 15 is 0 Å². The molecule has 0 amide bonds. The largest absolute Gasteiger partial charge is 0.394 e. The van der Waals surface area contributed by atoms with Crippen molar-refractivity contribution >= 4 is 34.6 Å². The van der Waals surface area contributed by atoms with Crippen LogP contribution in [-0.2, 0) is 10.5 Å². The quantitative estimate of drug-likeness (QED) is 0.180. The smallest absolute Gasteiger partial charge is 0.273 e. The number of aromatic nitrogens is 4. The number of benzene rings is 1. The Morgan fingerprint density at radius 2 is 2.03 bits per heavy atom. The lowest BCUT2D eigenvalue weighted by Gasteiger charge is -2.16. The fourth-order valence-corrected chi connectivity index (χ4v) is 4.24. The van der Waals surface area contributed by atoms with Crippen molar-refractivity contribution in [1.82, 2.24) is 19.5 Å². The summed E-state index contributed by atoms with van der Waals surface area (Å²) in [5.41, 5.74) is 6.98. The van der Waals surface area contributed by atoms with Crippen LogP contribution in [0.3, 0.4) is 0 Å². The van der Waals surface area contributed by atoms with E-state index < -0.39 is 36.1 Å². The molecular formula is C17H18N6O6S. The van der Waals surface area contributed by atoms with Gasteiger partial charge >= 0.3 is 0 Å². The van der Waals surface area contributed by atoms with E-state index in [0.717, 1.165) is 0 Å². The number of ether oxygens (including phenoxy) is 1. The third kappa shape index (κ3) is 3.57. The van der Waals surface area contributed by atoms with E-state index in [0.29, 0.717) is 16.1 Å². The minimum atomic E-state index is -1.31. The molecule has 30 heavy (non-hydrogen) atoms. The average molecular weight is 434 g/mol. The summed E-state index contributed by atoms with van der Waals surface area (Å²) in [7, 11) is 0. The van der Waals surface area contributed by atoms with Crippen LogP contribution >= 0.6 is 11.8 Å². The van der Waals surface area contributed by atoms with Gasteiger partial charge < -0.3 is 25.8 Å². The molecule has 2 aromatic heterocycles. The van der Waals surface area contributed by atoms with E-state index in [1.54, 1.807) is 18.2 Å². The van der Waals surface area contributed by atoms with Crippen molar-refractivity contribution in [3.63, 3.8) is 0 Å². The number of hydrogen-bond acceptors (Lipinski definition) is 11. The van der Waals surface area contributed by atoms with Gasteiger partial charge in [-0.2, -0.15) is 4.98 Å². The minimum absolute atomic E-state index is 0.000289. The van der Waals surface area contributed by atoms with E-state index in [2.05, 4.69) is 15.0 Å². The van der Waals surface area contributed by atoms with Crippen molar-refractivity contribution < 1.29 is 25.0 Å². The lowest BCUT2D eigenvalue weighted by molar-refractivity contribution is -0.385. The Hall–Kier alpha value is -2.84. The zero-order chi connectivity index (χ0) is 21.4. The molecule has 13 heteroatoms. The fourth-order valence-electron chi connectivity index (χ4n) is 3.26. The summed E-state index contributed by atoms with van der Waals surface area (Å²) in [6, 6.07) is 6.39. The third-order valence-corrected chi connectivity index (χ3v) is 5.76. The number of imidazole rings is 1. The lowest BCUT2D eigenvalue weighted by atomic mass is 10.1. The molecule has 1 fully saturated rings. The first-order chi connectivity index (χ1) is 14.4. The second-order valence-corrected chi connectivity index (χ2v) is 7.58. The maximum atomic E-state index is 11.2. The Kier molecular flexibility index (Phi) is 5.53. The molecule has 1 aromatic carbocycles. The van der Waals surface area contributed by atoms with Crippen LogP contribution in [0.4, 0.5) is 11.6 Å². The number of para-hydroxylation sites is 1. The fraction of sp³-hybridized carbons (Fsp3) is 0.353. The predicted octanol–water partition coefficient (Wildman–Crippen LogP) is 0.220. The number of anilines is 1. The van der Waals surface area contributed by atoms with Crippen LogP contribution in [0.5, 0.6) is 0 Å². The monoisotopic (exact) mass is 434 g/mol. The first kappa shape index (κ1) is 20.4. The Morgan fingerprint density at radius 3 is 2.73 bits per heavy atom. The van der Waals surface area contributed by atoms with Gasteiger partial charge in [-0.15, -0.1) is 0 Å². The molecular weight excluding hydrogens is 416 g/mol. The van der Waals surface area contributed by atoms with Crippen molar-refractivity contribution in [2.45, 2.75) is 35.3 Å². The molecule has 1 aliphatic rings. The Balaban J connectivity index is 1.66. The van der Waals surface area contributed by atoms with Gasteiger partial charge in [-0.25, -0.2) is 9.97 Å². The standard InChI is InChI=1S/C17H18N6O6S/c18-17-20-14-11(19-7-22(14)16-13(26)12(25)10(5-24)29-16)15(21-17)30-6-8-3-1-2-4-9(8)23(27)28/h1-4,7,10,12-13,16,24-26H,5-6H2,(H2,18,20,21)/t10-,12+,13+,16+/m0/s1. The molecule has 5 N–H and O–H groups in total. The van der Waals surface area contributed by atoms with Crippen LogP contribution in [-0.4, -0.2) is 64.7 Å². The van der Waals surface area contributed by atoms with E-state index in [1.807, 2.05) is 0 Å². The van der Waals surface area contributed by atoms with Gasteiger partial charge in [0.15, 0.2) is 11.9 Å². The third-order valence-electron chi connectivity index (χ3n) is 4.75. The highest BCUT2D eigenvalue weighted by molar-refractivity contribution is 7.98. The number of nitrogen functional groups attached to an aromatic ring is 1. The minimum Gasteiger partial charge on any atom is -0.394 e. The summed E-state index contributed by atoms with van der Waals surface area (Å²) in [4.78, 5) is 23.4. The van der Waals surface area contributed by atoms with E-state index in [9.17, 15) is 25.4 Å². The number of nitro benzene ring substituents is 1. The SMILES string of the molecule is Nc1nc(SCc2ccccc2[N+](=O)[O-])c2ncn([C@@H]3O[C@@H](CO)[C@@H](O)[C@H]3O)c2n1. The van der Waals surface area contributed by atoms with Gasteiger partial charge in [-0.1, -0.05) is 30.0 Å². The highest BCUT2D eigenvalue weighted by atomic mass is 32.2. The molecule has 1 aliphatic heterocycles. The zero-order valence-electron chi connectivity index (χ0n) is 15.4. The predicted molar refractivity (Wildman–Crippen MR) is 105 cm³/mol. The Morgan fingerprint density at radius 1 is 1.27 bits per heavy atom. The summed E-state index contributed by atoms with van der Waals surface area (Å²) in [6.45, 7) is -0.463. The molecule has 0 bridgehead atoms. The number of thioether (sulfide) groups is 1. The highest BCUT2D eigenvalue weighted by Crippen LogP contribution is 2.35. The second kappa shape index (κ2) is 8.12. The summed E-state index contributed by atoms with van der Waals surface area (Å²) in [6.07, 6.45) is -3.18. The number of fused-ring (bicyclic) bond motifs is 1. The first-order valence-electron chi connectivity index (χ1n) is 8.88. The summed E-state index contributed by atoms with van der Waals surface area (Å²) < 4.78 is 6.94. The van der Waals surface area contributed by atoms with Crippen molar-refractivity contribution in [3.05, 3.63) is 46.3 Å². The molecule has 0 radical (unpaired) electrons. The van der Waals surface area contributed by atoms with Crippen LogP contribution in [0, 0.1) is 10.1 Å². The number of nitrogens with two attached hydrogens (primary N) is 1. The van der Waals surface area contributed by atoms with Crippen LogP contribution < -0.4 is 5.73 Å². The van der Waals surface area contributed by atoms with E-state index in [-0.39, 0.29) is 23.0 Å². The van der Waals surface area contributed by atoms with Crippen molar-refractivity contribution in [2.24, 2.45) is 0 Å². The van der Waals surface area contributed by atoms with Crippen LogP contribution in [0.15, 0.2) is 35.6 Å². The molecule has 0 aliphatic carbocycles. The molecule has 0 spiro atoms. The molecule has 3 aromatic rings. The molecule has 12 nitrogen and oxygen atoms in total.